The van der Waals surface area contributed by atoms with Crippen LogP contribution in [0.4, 0.5) is 0 Å². The molecule has 35 heavy (non-hydrogen) atoms. The van der Waals surface area contributed by atoms with Gasteiger partial charge in [-0.15, -0.1) is 0 Å². The Morgan fingerprint density at radius 2 is 1.69 bits per heavy atom. The SMILES string of the molecule is Cc1ccc(-c2ccc(C3COc4cccc5c(O)c(C(=O)NCC(=O)O)c(=O)n3c45)cc2)cc1. The summed E-state index contributed by atoms with van der Waals surface area (Å²) in [5, 5.41) is 22.1. The van der Waals surface area contributed by atoms with E-state index in [1.807, 2.05) is 55.5 Å². The van der Waals surface area contributed by atoms with E-state index in [4.69, 9.17) is 9.84 Å². The van der Waals surface area contributed by atoms with Crippen LogP contribution in [0.25, 0.3) is 22.0 Å². The Balaban J connectivity index is 1.63. The van der Waals surface area contributed by atoms with Gasteiger partial charge < -0.3 is 20.3 Å². The van der Waals surface area contributed by atoms with Gasteiger partial charge >= 0.3 is 5.97 Å². The molecule has 0 saturated heterocycles. The van der Waals surface area contributed by atoms with Crippen LogP contribution in [-0.2, 0) is 4.79 Å². The second kappa shape index (κ2) is 8.64. The maximum Gasteiger partial charge on any atom is 0.322 e. The summed E-state index contributed by atoms with van der Waals surface area (Å²) in [4.78, 5) is 37.1. The van der Waals surface area contributed by atoms with Crippen molar-refractivity contribution < 1.29 is 24.5 Å². The van der Waals surface area contributed by atoms with E-state index in [0.717, 1.165) is 16.7 Å². The smallest absolute Gasteiger partial charge is 0.322 e. The lowest BCUT2D eigenvalue weighted by atomic mass is 9.98. The lowest BCUT2D eigenvalue weighted by Crippen LogP contribution is -2.39. The predicted molar refractivity (Wildman–Crippen MR) is 130 cm³/mol. The topological polar surface area (TPSA) is 118 Å². The molecule has 1 atom stereocenters. The number of carbonyl (C=O) groups excluding carboxylic acids is 1. The number of hydrogen-bond acceptors (Lipinski definition) is 5. The third-order valence-electron chi connectivity index (χ3n) is 6.18. The van der Waals surface area contributed by atoms with E-state index in [0.29, 0.717) is 11.3 Å². The lowest BCUT2D eigenvalue weighted by molar-refractivity contribution is -0.135. The van der Waals surface area contributed by atoms with Crippen molar-refractivity contribution in [2.45, 2.75) is 13.0 Å². The van der Waals surface area contributed by atoms with Crippen molar-refractivity contribution in [3.63, 3.8) is 0 Å². The number of aryl methyl sites for hydroxylation is 1. The Morgan fingerprint density at radius 1 is 1.03 bits per heavy atom. The number of benzene rings is 3. The predicted octanol–water partition coefficient (Wildman–Crippen LogP) is 3.48. The van der Waals surface area contributed by atoms with E-state index in [9.17, 15) is 19.5 Å². The number of aromatic nitrogens is 1. The molecule has 1 amide bonds. The average molecular weight is 470 g/mol. The van der Waals surface area contributed by atoms with E-state index in [2.05, 4.69) is 5.32 Å². The fraction of sp³-hybridized carbons (Fsp3) is 0.148. The van der Waals surface area contributed by atoms with Gasteiger partial charge in [0.1, 0.15) is 30.2 Å². The maximum atomic E-state index is 13.6. The third-order valence-corrected chi connectivity index (χ3v) is 6.18. The average Bonchev–Trinajstić information content (AvgIpc) is 2.86. The largest absolute Gasteiger partial charge is 0.506 e. The number of hydrogen-bond donors (Lipinski definition) is 3. The highest BCUT2D eigenvalue weighted by molar-refractivity contribution is 6.04. The zero-order chi connectivity index (χ0) is 24.7. The summed E-state index contributed by atoms with van der Waals surface area (Å²) in [7, 11) is 0. The van der Waals surface area contributed by atoms with Gasteiger partial charge in [0.15, 0.2) is 0 Å². The van der Waals surface area contributed by atoms with Crippen molar-refractivity contribution >= 4 is 22.8 Å². The first kappa shape index (κ1) is 22.2. The Hall–Kier alpha value is -4.59. The van der Waals surface area contributed by atoms with Gasteiger partial charge in [-0.2, -0.15) is 0 Å². The van der Waals surface area contributed by atoms with Gasteiger partial charge in [-0.05, 0) is 35.7 Å². The van der Waals surface area contributed by atoms with E-state index in [1.165, 1.54) is 10.1 Å². The normalized spacial score (nSPS) is 14.4. The quantitative estimate of drug-likeness (QED) is 0.411. The van der Waals surface area contributed by atoms with Crippen molar-refractivity contribution in [3.8, 4) is 22.6 Å². The molecule has 0 aliphatic carbocycles. The van der Waals surface area contributed by atoms with Gasteiger partial charge in [-0.1, -0.05) is 60.2 Å². The van der Waals surface area contributed by atoms with Gasteiger partial charge in [0, 0.05) is 5.39 Å². The summed E-state index contributed by atoms with van der Waals surface area (Å²) in [5.41, 5.74) is 3.20. The van der Waals surface area contributed by atoms with Crippen LogP contribution in [0.15, 0.2) is 71.5 Å². The van der Waals surface area contributed by atoms with Crippen LogP contribution >= 0.6 is 0 Å². The molecule has 0 saturated carbocycles. The molecule has 0 bridgehead atoms. The van der Waals surface area contributed by atoms with Crippen LogP contribution in [0.2, 0.25) is 0 Å². The van der Waals surface area contributed by atoms with Crippen LogP contribution < -0.4 is 15.6 Å². The summed E-state index contributed by atoms with van der Waals surface area (Å²) in [5.74, 6) is -2.31. The first-order chi connectivity index (χ1) is 16.8. The zero-order valence-corrected chi connectivity index (χ0v) is 18.8. The molecule has 8 nitrogen and oxygen atoms in total. The number of carboxylic acid groups (broad SMARTS) is 1. The van der Waals surface area contributed by atoms with Crippen molar-refractivity contribution in [1.82, 2.24) is 9.88 Å². The number of aromatic hydroxyl groups is 1. The molecule has 8 heteroatoms. The van der Waals surface area contributed by atoms with Crippen LogP contribution in [-0.4, -0.2) is 39.8 Å². The minimum absolute atomic E-state index is 0.150. The molecule has 176 valence electrons. The number of carbonyl (C=O) groups is 2. The van der Waals surface area contributed by atoms with E-state index in [1.54, 1.807) is 18.2 Å². The van der Waals surface area contributed by atoms with Gasteiger partial charge in [0.25, 0.3) is 11.5 Å². The Bertz CT molecular complexity index is 1520. The van der Waals surface area contributed by atoms with Crippen molar-refractivity contribution in [2.75, 3.05) is 13.2 Å². The van der Waals surface area contributed by atoms with Crippen LogP contribution in [0.1, 0.15) is 27.5 Å². The molecule has 0 fully saturated rings. The van der Waals surface area contributed by atoms with E-state index >= 15 is 0 Å². The van der Waals surface area contributed by atoms with Crippen molar-refractivity contribution in [3.05, 3.63) is 93.8 Å². The summed E-state index contributed by atoms with van der Waals surface area (Å²) in [6.07, 6.45) is 0. The van der Waals surface area contributed by atoms with Gasteiger partial charge in [-0.3, -0.25) is 19.0 Å². The lowest BCUT2D eigenvalue weighted by Gasteiger charge is -2.29. The fourth-order valence-corrected chi connectivity index (χ4v) is 4.41. The minimum Gasteiger partial charge on any atom is -0.506 e. The van der Waals surface area contributed by atoms with Gasteiger partial charge in [0.2, 0.25) is 0 Å². The zero-order valence-electron chi connectivity index (χ0n) is 18.8. The summed E-state index contributed by atoms with van der Waals surface area (Å²) >= 11 is 0. The number of amides is 1. The molecular weight excluding hydrogens is 448 g/mol. The van der Waals surface area contributed by atoms with Crippen LogP contribution in [0.3, 0.4) is 0 Å². The molecule has 1 aliphatic rings. The van der Waals surface area contributed by atoms with Crippen LogP contribution in [0, 0.1) is 6.92 Å². The number of aliphatic carboxylic acids is 1. The Kier molecular flexibility index (Phi) is 5.49. The van der Waals surface area contributed by atoms with Gasteiger partial charge in [-0.25, -0.2) is 0 Å². The summed E-state index contributed by atoms with van der Waals surface area (Å²) < 4.78 is 7.38. The Labute approximate surface area is 200 Å². The number of para-hydroxylation sites is 1. The minimum atomic E-state index is -1.26. The molecule has 2 heterocycles. The number of ether oxygens (including phenoxy) is 1. The molecule has 3 aromatic carbocycles. The highest BCUT2D eigenvalue weighted by Crippen LogP contribution is 2.38. The molecule has 4 aromatic rings. The fourth-order valence-electron chi connectivity index (χ4n) is 4.41. The number of carboxylic acids is 1. The second-order valence-electron chi connectivity index (χ2n) is 8.44. The highest BCUT2D eigenvalue weighted by atomic mass is 16.5. The van der Waals surface area contributed by atoms with Gasteiger partial charge in [0.05, 0.1) is 11.6 Å². The molecule has 1 aliphatic heterocycles. The maximum absolute atomic E-state index is 13.6. The van der Waals surface area contributed by atoms with E-state index in [-0.39, 0.29) is 12.0 Å². The number of nitrogens with zero attached hydrogens (tertiary/aromatic N) is 1. The Morgan fingerprint density at radius 3 is 2.34 bits per heavy atom. The van der Waals surface area contributed by atoms with Crippen molar-refractivity contribution in [1.29, 1.82) is 0 Å². The van der Waals surface area contributed by atoms with E-state index < -0.39 is 41.3 Å². The molecular formula is C27H22N2O6. The summed E-state index contributed by atoms with van der Waals surface area (Å²) in [6, 6.07) is 20.3. The van der Waals surface area contributed by atoms with Crippen molar-refractivity contribution in [2.24, 2.45) is 0 Å². The molecule has 1 unspecified atom stereocenters. The molecule has 0 spiro atoms. The first-order valence-electron chi connectivity index (χ1n) is 11.0. The number of nitrogens with one attached hydrogen (secondary N) is 1. The molecule has 0 radical (unpaired) electrons. The first-order valence-corrected chi connectivity index (χ1v) is 11.0. The number of rotatable bonds is 5. The number of pyridine rings is 1. The standard InChI is InChI=1S/C27H22N2O6/c1-15-5-7-16(8-6-15)17-9-11-18(12-10-17)20-14-35-21-4-2-3-19-24(21)29(20)27(34)23(25(19)32)26(33)28-13-22(30)31/h2-12,20,32H,13-14H2,1H3,(H,28,33)(H,30,31). The second-order valence-corrected chi connectivity index (χ2v) is 8.44. The monoisotopic (exact) mass is 470 g/mol. The molecule has 5 rings (SSSR count). The van der Waals surface area contributed by atoms with Crippen LogP contribution in [0.5, 0.6) is 11.5 Å². The third kappa shape index (κ3) is 3.89. The molecule has 1 aromatic heterocycles. The highest BCUT2D eigenvalue weighted by Gasteiger charge is 2.31. The molecule has 3 N–H and O–H groups in total. The summed E-state index contributed by atoms with van der Waals surface area (Å²) in [6.45, 7) is 1.50.